The van der Waals surface area contributed by atoms with Gasteiger partial charge in [-0.25, -0.2) is 0 Å². The van der Waals surface area contributed by atoms with Gasteiger partial charge in [0.05, 0.1) is 0 Å². The van der Waals surface area contributed by atoms with Crippen LogP contribution in [0.15, 0.2) is 24.3 Å². The zero-order valence-corrected chi connectivity index (χ0v) is 12.6. The second-order valence-corrected chi connectivity index (χ2v) is 6.21. The van der Waals surface area contributed by atoms with Crippen molar-refractivity contribution in [2.75, 3.05) is 0 Å². The van der Waals surface area contributed by atoms with Crippen molar-refractivity contribution < 1.29 is 0 Å². The summed E-state index contributed by atoms with van der Waals surface area (Å²) in [5.74, 6) is 1.65. The van der Waals surface area contributed by atoms with Gasteiger partial charge in [-0.05, 0) is 42.2 Å². The maximum atomic E-state index is 6.52. The van der Waals surface area contributed by atoms with Crippen molar-refractivity contribution in [3.63, 3.8) is 0 Å². The Bertz CT molecular complexity index is 377. The minimum Gasteiger partial charge on any atom is -0.324 e. The normalized spacial score (nSPS) is 25.2. The molecule has 1 aromatic carbocycles. The van der Waals surface area contributed by atoms with Crippen molar-refractivity contribution in [2.24, 2.45) is 17.6 Å². The smallest absolute Gasteiger partial charge is 0.0323 e. The lowest BCUT2D eigenvalue weighted by Gasteiger charge is -2.32. The third-order valence-corrected chi connectivity index (χ3v) is 4.85. The summed E-state index contributed by atoms with van der Waals surface area (Å²) >= 11 is 0. The summed E-state index contributed by atoms with van der Waals surface area (Å²) < 4.78 is 0. The SMILES string of the molecule is CCCc1cccc(C(N)C2CCC(CC)CC2)c1. The molecule has 1 saturated carbocycles. The molecule has 1 fully saturated rings. The Morgan fingerprint density at radius 1 is 1.16 bits per heavy atom. The predicted octanol–water partition coefficient (Wildman–Crippen LogP) is 4.86. The molecule has 0 bridgehead atoms. The number of aryl methyl sites for hydroxylation is 1. The quantitative estimate of drug-likeness (QED) is 0.803. The first-order chi connectivity index (χ1) is 9.24. The lowest BCUT2D eigenvalue weighted by Crippen LogP contribution is -2.26. The number of rotatable bonds is 5. The summed E-state index contributed by atoms with van der Waals surface area (Å²) in [6.45, 7) is 4.55. The van der Waals surface area contributed by atoms with Gasteiger partial charge in [-0.2, -0.15) is 0 Å². The van der Waals surface area contributed by atoms with Gasteiger partial charge in [-0.15, -0.1) is 0 Å². The van der Waals surface area contributed by atoms with E-state index in [9.17, 15) is 0 Å². The minimum atomic E-state index is 0.245. The standard InChI is InChI=1S/C18H29N/c1-3-6-15-7-5-8-17(13-15)18(19)16-11-9-14(4-2)10-12-16/h5,7-8,13-14,16,18H,3-4,6,9-12,19H2,1-2H3. The van der Waals surface area contributed by atoms with Crippen LogP contribution in [-0.4, -0.2) is 0 Å². The van der Waals surface area contributed by atoms with Crippen molar-refractivity contribution in [3.8, 4) is 0 Å². The van der Waals surface area contributed by atoms with Crippen LogP contribution in [0.5, 0.6) is 0 Å². The summed E-state index contributed by atoms with van der Waals surface area (Å²) in [5, 5.41) is 0. The lowest BCUT2D eigenvalue weighted by molar-refractivity contribution is 0.240. The highest BCUT2D eigenvalue weighted by molar-refractivity contribution is 5.26. The van der Waals surface area contributed by atoms with E-state index in [-0.39, 0.29) is 6.04 Å². The van der Waals surface area contributed by atoms with Gasteiger partial charge in [-0.3, -0.25) is 0 Å². The molecule has 1 aliphatic carbocycles. The molecule has 1 heteroatoms. The first-order valence-corrected chi connectivity index (χ1v) is 8.09. The van der Waals surface area contributed by atoms with Gasteiger partial charge < -0.3 is 5.73 Å². The van der Waals surface area contributed by atoms with Crippen LogP contribution in [0.4, 0.5) is 0 Å². The van der Waals surface area contributed by atoms with E-state index in [4.69, 9.17) is 5.73 Å². The molecule has 1 unspecified atom stereocenters. The molecule has 0 aliphatic heterocycles. The molecule has 0 radical (unpaired) electrons. The Morgan fingerprint density at radius 2 is 1.89 bits per heavy atom. The van der Waals surface area contributed by atoms with Gasteiger partial charge in [0.25, 0.3) is 0 Å². The fourth-order valence-electron chi connectivity index (χ4n) is 3.47. The van der Waals surface area contributed by atoms with Crippen LogP contribution in [0.25, 0.3) is 0 Å². The Kier molecular flexibility index (Phi) is 5.45. The van der Waals surface area contributed by atoms with Crippen molar-refractivity contribution >= 4 is 0 Å². The van der Waals surface area contributed by atoms with E-state index in [1.807, 2.05) is 0 Å². The van der Waals surface area contributed by atoms with E-state index in [1.54, 1.807) is 0 Å². The van der Waals surface area contributed by atoms with Crippen LogP contribution in [0.2, 0.25) is 0 Å². The van der Waals surface area contributed by atoms with E-state index in [1.165, 1.54) is 56.1 Å². The molecule has 2 rings (SSSR count). The highest BCUT2D eigenvalue weighted by Gasteiger charge is 2.25. The van der Waals surface area contributed by atoms with Crippen molar-refractivity contribution in [1.29, 1.82) is 0 Å². The summed E-state index contributed by atoms with van der Waals surface area (Å²) in [7, 11) is 0. The molecule has 2 N–H and O–H groups in total. The van der Waals surface area contributed by atoms with E-state index >= 15 is 0 Å². The highest BCUT2D eigenvalue weighted by Crippen LogP contribution is 2.36. The van der Waals surface area contributed by atoms with E-state index in [0.29, 0.717) is 5.92 Å². The molecule has 0 spiro atoms. The van der Waals surface area contributed by atoms with Crippen LogP contribution < -0.4 is 5.73 Å². The molecule has 1 aromatic rings. The number of hydrogen-bond donors (Lipinski definition) is 1. The zero-order chi connectivity index (χ0) is 13.7. The van der Waals surface area contributed by atoms with E-state index in [2.05, 4.69) is 38.1 Å². The maximum absolute atomic E-state index is 6.52. The summed E-state index contributed by atoms with van der Waals surface area (Å²) in [6, 6.07) is 9.20. The van der Waals surface area contributed by atoms with Gasteiger partial charge in [0, 0.05) is 6.04 Å². The second kappa shape index (κ2) is 7.09. The topological polar surface area (TPSA) is 26.0 Å². The van der Waals surface area contributed by atoms with E-state index < -0.39 is 0 Å². The van der Waals surface area contributed by atoms with Crippen molar-refractivity contribution in [3.05, 3.63) is 35.4 Å². The third kappa shape index (κ3) is 3.82. The van der Waals surface area contributed by atoms with Gasteiger partial charge in [0.1, 0.15) is 0 Å². The van der Waals surface area contributed by atoms with Crippen LogP contribution in [0.3, 0.4) is 0 Å². The van der Waals surface area contributed by atoms with Crippen LogP contribution >= 0.6 is 0 Å². The lowest BCUT2D eigenvalue weighted by atomic mass is 9.76. The third-order valence-electron chi connectivity index (χ3n) is 4.85. The first-order valence-electron chi connectivity index (χ1n) is 8.09. The van der Waals surface area contributed by atoms with Gasteiger partial charge in [0.2, 0.25) is 0 Å². The van der Waals surface area contributed by atoms with Gasteiger partial charge in [-0.1, -0.05) is 63.8 Å². The Morgan fingerprint density at radius 3 is 2.53 bits per heavy atom. The number of nitrogens with two attached hydrogens (primary N) is 1. The Balaban J connectivity index is 1.99. The number of benzene rings is 1. The van der Waals surface area contributed by atoms with Gasteiger partial charge >= 0.3 is 0 Å². The maximum Gasteiger partial charge on any atom is 0.0323 e. The fourth-order valence-corrected chi connectivity index (χ4v) is 3.47. The highest BCUT2D eigenvalue weighted by atomic mass is 14.7. The predicted molar refractivity (Wildman–Crippen MR) is 83.1 cm³/mol. The van der Waals surface area contributed by atoms with E-state index in [0.717, 1.165) is 5.92 Å². The van der Waals surface area contributed by atoms with Crippen LogP contribution in [0, 0.1) is 11.8 Å². The first kappa shape index (κ1) is 14.6. The molecular formula is C18H29N. The molecule has 0 heterocycles. The summed E-state index contributed by atoms with van der Waals surface area (Å²) in [6.07, 6.45) is 9.11. The second-order valence-electron chi connectivity index (χ2n) is 6.21. The summed E-state index contributed by atoms with van der Waals surface area (Å²) in [4.78, 5) is 0. The molecule has 0 amide bonds. The largest absolute Gasteiger partial charge is 0.324 e. The van der Waals surface area contributed by atoms with Crippen LogP contribution in [0.1, 0.15) is 69.5 Å². The molecule has 106 valence electrons. The molecule has 0 saturated heterocycles. The van der Waals surface area contributed by atoms with Crippen molar-refractivity contribution in [2.45, 2.75) is 64.8 Å². The minimum absolute atomic E-state index is 0.245. The molecule has 19 heavy (non-hydrogen) atoms. The average Bonchev–Trinajstić information content (AvgIpc) is 2.47. The van der Waals surface area contributed by atoms with Crippen molar-refractivity contribution in [1.82, 2.24) is 0 Å². The van der Waals surface area contributed by atoms with Gasteiger partial charge in [0.15, 0.2) is 0 Å². The number of hydrogen-bond acceptors (Lipinski definition) is 1. The molecule has 1 atom stereocenters. The molecular weight excluding hydrogens is 230 g/mol. The monoisotopic (exact) mass is 259 g/mol. The van der Waals surface area contributed by atoms with Crippen LogP contribution in [-0.2, 0) is 6.42 Å². The summed E-state index contributed by atoms with van der Waals surface area (Å²) in [5.41, 5.74) is 9.32. The Hall–Kier alpha value is -0.820. The molecule has 1 aliphatic rings. The Labute approximate surface area is 118 Å². The molecule has 0 aromatic heterocycles. The fraction of sp³-hybridized carbons (Fsp3) is 0.667. The average molecular weight is 259 g/mol. The zero-order valence-electron chi connectivity index (χ0n) is 12.6. The molecule has 1 nitrogen and oxygen atoms in total.